The predicted octanol–water partition coefficient (Wildman–Crippen LogP) is -0.0505. The van der Waals surface area contributed by atoms with Crippen LogP contribution in [-0.4, -0.2) is 90.1 Å². The predicted molar refractivity (Wildman–Crippen MR) is 110 cm³/mol. The minimum atomic E-state index is -1.45. The topological polar surface area (TPSA) is 112 Å². The number of phenolic OH excluding ortho intramolecular Hbond substituents is 1. The number of amides is 1. The molecule has 2 N–H and O–H groups in total. The number of aromatic hydroxyl groups is 1. The number of phenols is 1. The normalized spacial score (nSPS) is 46.0. The molecule has 6 heterocycles. The van der Waals surface area contributed by atoms with Gasteiger partial charge in [-0.05, 0) is 31.6 Å². The minimum Gasteiger partial charge on any atom is -0.503 e. The number of hydrogen-bond donors (Lipinski definition) is 2. The molecule has 1 aromatic rings. The number of likely N-dealkylation sites (N-methyl/N-ethyl adjacent to an activating group) is 1. The Kier molecular flexibility index (Phi) is 3.40. The Hall–Kier alpha value is -2.20. The summed E-state index contributed by atoms with van der Waals surface area (Å²) in [6.45, 7) is 1.40. The molecular formula is C23H26N2O7. The largest absolute Gasteiger partial charge is 0.503 e. The molecule has 5 saturated heterocycles. The van der Waals surface area contributed by atoms with Gasteiger partial charge in [0.05, 0.1) is 43.4 Å². The van der Waals surface area contributed by atoms with Gasteiger partial charge in [0.2, 0.25) is 5.91 Å². The molecule has 32 heavy (non-hydrogen) atoms. The third-order valence-electron chi connectivity index (χ3n) is 9.11. The molecule has 9 nitrogen and oxygen atoms in total. The highest BCUT2D eigenvalue weighted by Crippen LogP contribution is 2.67. The van der Waals surface area contributed by atoms with Gasteiger partial charge in [0, 0.05) is 18.9 Å². The van der Waals surface area contributed by atoms with Crippen LogP contribution in [0.2, 0.25) is 0 Å². The summed E-state index contributed by atoms with van der Waals surface area (Å²) in [5.41, 5.74) is -2.40. The van der Waals surface area contributed by atoms with Gasteiger partial charge in [-0.2, -0.15) is 0 Å². The van der Waals surface area contributed by atoms with Crippen molar-refractivity contribution < 1.29 is 34.0 Å². The zero-order chi connectivity index (χ0) is 22.2. The second-order valence-electron chi connectivity index (χ2n) is 10.3. The van der Waals surface area contributed by atoms with Crippen LogP contribution in [0.4, 0.5) is 5.69 Å². The van der Waals surface area contributed by atoms with Crippen LogP contribution in [0.25, 0.3) is 0 Å². The number of fused-ring (bicyclic) bond motifs is 6. The molecule has 170 valence electrons. The van der Waals surface area contributed by atoms with E-state index in [0.717, 1.165) is 0 Å². The van der Waals surface area contributed by atoms with Gasteiger partial charge in [0.15, 0.2) is 11.5 Å². The molecule has 6 fully saturated rings. The van der Waals surface area contributed by atoms with Crippen LogP contribution in [0.3, 0.4) is 0 Å². The van der Waals surface area contributed by atoms with Gasteiger partial charge in [0.1, 0.15) is 23.1 Å². The molecular weight excluding hydrogens is 416 g/mol. The Morgan fingerprint density at radius 2 is 2.09 bits per heavy atom. The van der Waals surface area contributed by atoms with Crippen molar-refractivity contribution in [1.29, 1.82) is 0 Å². The molecule has 0 radical (unpaired) electrons. The summed E-state index contributed by atoms with van der Waals surface area (Å²) < 4.78 is 17.6. The highest BCUT2D eigenvalue weighted by molar-refractivity contribution is 6.08. The van der Waals surface area contributed by atoms with Gasteiger partial charge in [-0.1, -0.05) is 6.07 Å². The molecule has 4 bridgehead atoms. The summed E-state index contributed by atoms with van der Waals surface area (Å²) in [6.07, 6.45) is -0.291. The van der Waals surface area contributed by atoms with E-state index in [1.165, 1.54) is 7.11 Å². The molecule has 1 amide bonds. The molecule has 1 aromatic carbocycles. The van der Waals surface area contributed by atoms with E-state index in [2.05, 4.69) is 4.90 Å². The Morgan fingerprint density at radius 3 is 2.88 bits per heavy atom. The second-order valence-corrected chi connectivity index (χ2v) is 10.3. The number of piperidine rings is 1. The van der Waals surface area contributed by atoms with Crippen LogP contribution in [0.15, 0.2) is 12.1 Å². The smallest absolute Gasteiger partial charge is 0.230 e. The summed E-state index contributed by atoms with van der Waals surface area (Å²) in [6, 6.07) is 2.82. The maximum Gasteiger partial charge on any atom is 0.230 e. The highest BCUT2D eigenvalue weighted by Gasteiger charge is 2.81. The number of hydrogen-bond acceptors (Lipinski definition) is 8. The van der Waals surface area contributed by atoms with Crippen LogP contribution in [-0.2, 0) is 24.5 Å². The number of ether oxygens (including phenoxy) is 3. The number of anilines is 1. The maximum absolute atomic E-state index is 14.1. The lowest BCUT2D eigenvalue weighted by Crippen LogP contribution is -2.74. The monoisotopic (exact) mass is 442 g/mol. The number of carbonyl (C=O) groups excluding carboxylic acids is 2. The second kappa shape index (κ2) is 5.64. The molecule has 1 saturated carbocycles. The standard InChI is InChI=1S/C23H26N2O7/c1-24-6-5-21-11-3-4-12(30-2)19(28)18(11)25-16(27)7-13-17(20(21)25)22(29,8-14(21)26)23(10-24)15(32-23)9-31-13/h3-4,13,15,17,20,28-29H,5-10H2,1-2H3/t13-,15+,17-,20-,21+,22-,23+/m0/s1. The Morgan fingerprint density at radius 1 is 1.28 bits per heavy atom. The molecule has 6 aliphatic heterocycles. The van der Waals surface area contributed by atoms with Crippen molar-refractivity contribution in [2.75, 3.05) is 38.8 Å². The Balaban J connectivity index is 1.56. The van der Waals surface area contributed by atoms with Crippen LogP contribution in [0.1, 0.15) is 24.8 Å². The van der Waals surface area contributed by atoms with E-state index in [1.807, 2.05) is 7.05 Å². The van der Waals surface area contributed by atoms with Crippen molar-refractivity contribution in [2.45, 2.75) is 54.1 Å². The van der Waals surface area contributed by atoms with E-state index in [9.17, 15) is 19.8 Å². The summed E-state index contributed by atoms with van der Waals surface area (Å²) in [5.74, 6) is -0.711. The average molecular weight is 442 g/mol. The summed E-state index contributed by atoms with van der Waals surface area (Å²) in [7, 11) is 3.43. The number of epoxide rings is 1. The van der Waals surface area contributed by atoms with E-state index in [0.29, 0.717) is 37.4 Å². The van der Waals surface area contributed by atoms with Gasteiger partial charge < -0.3 is 34.2 Å². The zero-order valence-electron chi connectivity index (χ0n) is 18.0. The van der Waals surface area contributed by atoms with Crippen molar-refractivity contribution in [3.63, 3.8) is 0 Å². The fourth-order valence-corrected chi connectivity index (χ4v) is 7.72. The summed E-state index contributed by atoms with van der Waals surface area (Å²) in [4.78, 5) is 31.3. The van der Waals surface area contributed by atoms with Crippen molar-refractivity contribution in [2.24, 2.45) is 5.92 Å². The molecule has 2 spiro atoms. The number of Topliss-reactive ketones (excluding diaryl/α,β-unsaturated/α-hetero) is 1. The van der Waals surface area contributed by atoms with Crippen molar-refractivity contribution in [3.05, 3.63) is 17.7 Å². The first-order valence-electron chi connectivity index (χ1n) is 11.2. The minimum absolute atomic E-state index is 0.0490. The third-order valence-corrected chi connectivity index (χ3v) is 9.11. The fraction of sp³-hybridized carbons (Fsp3) is 0.652. The number of aliphatic hydroxyl groups is 1. The maximum atomic E-state index is 14.1. The average Bonchev–Trinajstić information content (AvgIpc) is 3.37. The van der Waals surface area contributed by atoms with Gasteiger partial charge in [-0.25, -0.2) is 0 Å². The summed E-state index contributed by atoms with van der Waals surface area (Å²) >= 11 is 0. The molecule has 1 aliphatic carbocycles. The Labute approximate surface area is 184 Å². The quantitative estimate of drug-likeness (QED) is 0.583. The Bertz CT molecular complexity index is 1090. The lowest BCUT2D eigenvalue weighted by atomic mass is 9.52. The summed E-state index contributed by atoms with van der Waals surface area (Å²) in [5, 5.41) is 23.4. The molecule has 8 rings (SSSR count). The SMILES string of the molecule is COc1ccc2c(c1O)N1C(=O)C[C@@H]3OC[C@H]4O[C@]45CN(C)CC[C@]24C(=O)C[C@]5(O)[C@@H]3[C@H]14. The number of ketones is 1. The van der Waals surface area contributed by atoms with E-state index in [-0.39, 0.29) is 42.1 Å². The molecule has 7 aliphatic rings. The first-order valence-corrected chi connectivity index (χ1v) is 11.2. The number of nitrogens with zero attached hydrogens (tertiary/aromatic N) is 2. The van der Waals surface area contributed by atoms with Crippen molar-refractivity contribution in [3.8, 4) is 11.5 Å². The van der Waals surface area contributed by atoms with Crippen molar-refractivity contribution >= 4 is 17.4 Å². The fourth-order valence-electron chi connectivity index (χ4n) is 7.72. The van der Waals surface area contributed by atoms with Crippen LogP contribution in [0, 0.1) is 5.92 Å². The van der Waals surface area contributed by atoms with Crippen LogP contribution in [0.5, 0.6) is 11.5 Å². The first-order chi connectivity index (χ1) is 15.3. The van der Waals surface area contributed by atoms with Crippen molar-refractivity contribution in [1.82, 2.24) is 4.90 Å². The molecule has 9 heteroatoms. The zero-order valence-corrected chi connectivity index (χ0v) is 18.0. The molecule has 7 atom stereocenters. The van der Waals surface area contributed by atoms with Gasteiger partial charge >= 0.3 is 0 Å². The number of methoxy groups -OCH3 is 1. The van der Waals surface area contributed by atoms with E-state index < -0.39 is 34.7 Å². The lowest BCUT2D eigenvalue weighted by Gasteiger charge is -2.57. The van der Waals surface area contributed by atoms with Gasteiger partial charge in [0.25, 0.3) is 0 Å². The van der Waals surface area contributed by atoms with Gasteiger partial charge in [-0.15, -0.1) is 0 Å². The van der Waals surface area contributed by atoms with Crippen LogP contribution < -0.4 is 9.64 Å². The molecule has 0 aromatic heterocycles. The number of rotatable bonds is 1. The third kappa shape index (κ3) is 1.85. The van der Waals surface area contributed by atoms with E-state index >= 15 is 0 Å². The lowest BCUT2D eigenvalue weighted by molar-refractivity contribution is -0.182. The number of carbonyl (C=O) groups is 2. The van der Waals surface area contributed by atoms with E-state index in [4.69, 9.17) is 14.2 Å². The highest BCUT2D eigenvalue weighted by atomic mass is 16.7. The van der Waals surface area contributed by atoms with E-state index in [1.54, 1.807) is 17.0 Å². The van der Waals surface area contributed by atoms with Gasteiger partial charge in [-0.3, -0.25) is 9.59 Å². The number of benzene rings is 1. The first kappa shape index (κ1) is 19.3. The van der Waals surface area contributed by atoms with Crippen LogP contribution >= 0.6 is 0 Å². The molecule has 0 unspecified atom stereocenters.